The molecule has 6 nitrogen and oxygen atoms in total. The minimum absolute atomic E-state index is 0.373. The van der Waals surface area contributed by atoms with Crippen LogP contribution in [0.15, 0.2) is 24.4 Å². The van der Waals surface area contributed by atoms with E-state index in [0.717, 1.165) is 0 Å². The Morgan fingerprint density at radius 2 is 2.20 bits per heavy atom. The maximum atomic E-state index is 10.6. The van der Waals surface area contributed by atoms with Gasteiger partial charge in [-0.2, -0.15) is 0 Å². The van der Waals surface area contributed by atoms with Gasteiger partial charge in [-0.1, -0.05) is 0 Å². The van der Waals surface area contributed by atoms with Gasteiger partial charge in [0.2, 0.25) is 0 Å². The number of nitro benzene ring substituents is 1. The second kappa shape index (κ2) is 3.09. The van der Waals surface area contributed by atoms with Gasteiger partial charge >= 0.3 is 5.69 Å². The van der Waals surface area contributed by atoms with E-state index in [9.17, 15) is 15.2 Å². The van der Waals surface area contributed by atoms with Crippen molar-refractivity contribution in [1.82, 2.24) is 4.98 Å². The quantitative estimate of drug-likeness (QED) is 0.541. The van der Waals surface area contributed by atoms with Crippen LogP contribution >= 0.6 is 0 Å². The molecule has 0 unspecified atom stereocenters. The first-order valence-electron chi connectivity index (χ1n) is 4.11. The van der Waals surface area contributed by atoms with E-state index in [-0.39, 0.29) is 5.69 Å². The number of nitrogen functional groups attached to an aromatic ring is 1. The van der Waals surface area contributed by atoms with Crippen molar-refractivity contribution < 1.29 is 10.0 Å². The van der Waals surface area contributed by atoms with Crippen molar-refractivity contribution >= 4 is 22.3 Å². The third kappa shape index (κ3) is 1.41. The summed E-state index contributed by atoms with van der Waals surface area (Å²) in [6.45, 7) is 0. The van der Waals surface area contributed by atoms with E-state index in [1.807, 2.05) is 0 Å². The number of anilines is 1. The third-order valence-electron chi connectivity index (χ3n) is 2.07. The zero-order valence-electron chi connectivity index (χ0n) is 7.54. The van der Waals surface area contributed by atoms with Crippen LogP contribution in [0, 0.1) is 10.1 Å². The Kier molecular flexibility index (Phi) is 1.89. The topological polar surface area (TPSA) is 102 Å². The predicted octanol–water partition coefficient (Wildman–Crippen LogP) is 1.43. The number of aromatic nitrogens is 1. The van der Waals surface area contributed by atoms with Gasteiger partial charge in [-0.15, -0.1) is 0 Å². The molecule has 0 atom stereocenters. The Labute approximate surface area is 84.1 Å². The van der Waals surface area contributed by atoms with Crippen LogP contribution in [-0.4, -0.2) is 15.0 Å². The van der Waals surface area contributed by atoms with E-state index in [1.54, 1.807) is 6.07 Å². The molecule has 15 heavy (non-hydrogen) atoms. The maximum Gasteiger partial charge on any atom is 0.311 e. The van der Waals surface area contributed by atoms with Gasteiger partial charge < -0.3 is 10.8 Å². The summed E-state index contributed by atoms with van der Waals surface area (Å²) in [6.07, 6.45) is 1.48. The highest BCUT2D eigenvalue weighted by molar-refractivity contribution is 5.93. The molecule has 1 aromatic heterocycles. The lowest BCUT2D eigenvalue weighted by Gasteiger charge is -2.02. The molecule has 2 rings (SSSR count). The molecule has 0 spiro atoms. The van der Waals surface area contributed by atoms with Crippen LogP contribution < -0.4 is 5.73 Å². The van der Waals surface area contributed by atoms with Gasteiger partial charge in [0.05, 0.1) is 10.4 Å². The number of pyridine rings is 1. The first-order chi connectivity index (χ1) is 7.09. The first kappa shape index (κ1) is 9.20. The molecule has 0 saturated carbocycles. The van der Waals surface area contributed by atoms with Crippen LogP contribution in [0.1, 0.15) is 0 Å². The second-order valence-corrected chi connectivity index (χ2v) is 3.02. The van der Waals surface area contributed by atoms with Gasteiger partial charge in [0.15, 0.2) is 5.75 Å². The molecule has 0 fully saturated rings. The average Bonchev–Trinajstić information content (AvgIpc) is 2.16. The largest absolute Gasteiger partial charge is 0.502 e. The zero-order chi connectivity index (χ0) is 11.0. The molecule has 2 aromatic rings. The van der Waals surface area contributed by atoms with Gasteiger partial charge in [0.25, 0.3) is 0 Å². The molecule has 0 aliphatic carbocycles. The standard InChI is InChI=1S/C9H7N3O3/c10-6-1-2-11-7-4-9(13)8(12(14)15)3-5(6)7/h1-4,13H,(H2,10,11). The minimum Gasteiger partial charge on any atom is -0.502 e. The predicted molar refractivity (Wildman–Crippen MR) is 54.5 cm³/mol. The fraction of sp³-hybridized carbons (Fsp3) is 0. The lowest BCUT2D eigenvalue weighted by atomic mass is 10.1. The number of benzene rings is 1. The van der Waals surface area contributed by atoms with Crippen molar-refractivity contribution in [2.45, 2.75) is 0 Å². The molecule has 0 aliphatic heterocycles. The Bertz CT molecular complexity index is 554. The Balaban J connectivity index is 2.83. The highest BCUT2D eigenvalue weighted by Crippen LogP contribution is 2.32. The number of fused-ring (bicyclic) bond motifs is 1. The molecule has 3 N–H and O–H groups in total. The molecule has 0 aliphatic rings. The molecule has 1 aromatic carbocycles. The van der Waals surface area contributed by atoms with E-state index in [4.69, 9.17) is 5.73 Å². The fourth-order valence-corrected chi connectivity index (χ4v) is 1.34. The van der Waals surface area contributed by atoms with Crippen LogP contribution in [0.25, 0.3) is 10.9 Å². The number of hydrogen-bond acceptors (Lipinski definition) is 5. The van der Waals surface area contributed by atoms with Crippen molar-refractivity contribution in [2.75, 3.05) is 5.73 Å². The van der Waals surface area contributed by atoms with Gasteiger partial charge in [-0.05, 0) is 6.07 Å². The van der Waals surface area contributed by atoms with E-state index in [1.165, 1.54) is 18.3 Å². The van der Waals surface area contributed by atoms with Gasteiger partial charge in [-0.3, -0.25) is 15.1 Å². The fourth-order valence-electron chi connectivity index (χ4n) is 1.34. The van der Waals surface area contributed by atoms with Crippen LogP contribution in [0.2, 0.25) is 0 Å². The number of phenols is 1. The number of hydrogen-bond donors (Lipinski definition) is 2. The van der Waals surface area contributed by atoms with E-state index in [2.05, 4.69) is 4.98 Å². The summed E-state index contributed by atoms with van der Waals surface area (Å²) in [5, 5.41) is 20.4. The molecule has 0 saturated heterocycles. The van der Waals surface area contributed by atoms with Crippen molar-refractivity contribution in [2.24, 2.45) is 0 Å². The van der Waals surface area contributed by atoms with E-state index in [0.29, 0.717) is 16.6 Å². The van der Waals surface area contributed by atoms with Gasteiger partial charge in [0, 0.05) is 29.4 Å². The van der Waals surface area contributed by atoms with Crippen molar-refractivity contribution in [3.63, 3.8) is 0 Å². The highest BCUT2D eigenvalue weighted by Gasteiger charge is 2.15. The summed E-state index contributed by atoms with van der Waals surface area (Å²) in [5.74, 6) is -0.411. The van der Waals surface area contributed by atoms with Crippen LogP contribution in [0.3, 0.4) is 0 Å². The summed E-state index contributed by atoms with van der Waals surface area (Å²) in [6, 6.07) is 3.99. The summed E-state index contributed by atoms with van der Waals surface area (Å²) in [4.78, 5) is 13.8. The second-order valence-electron chi connectivity index (χ2n) is 3.02. The average molecular weight is 205 g/mol. The molecule has 0 bridgehead atoms. The van der Waals surface area contributed by atoms with Crippen molar-refractivity contribution in [1.29, 1.82) is 0 Å². The van der Waals surface area contributed by atoms with E-state index >= 15 is 0 Å². The number of nitrogens with zero attached hydrogens (tertiary/aromatic N) is 2. The Morgan fingerprint density at radius 1 is 1.47 bits per heavy atom. The van der Waals surface area contributed by atoms with Gasteiger partial charge in [0.1, 0.15) is 0 Å². The molecular weight excluding hydrogens is 198 g/mol. The number of aromatic hydroxyl groups is 1. The normalized spacial score (nSPS) is 10.4. The van der Waals surface area contributed by atoms with Gasteiger partial charge in [-0.25, -0.2) is 0 Å². The molecular formula is C9H7N3O3. The molecule has 0 amide bonds. The number of nitro groups is 1. The number of nitrogens with two attached hydrogens (primary N) is 1. The lowest BCUT2D eigenvalue weighted by molar-refractivity contribution is -0.385. The monoisotopic (exact) mass is 205 g/mol. The zero-order valence-corrected chi connectivity index (χ0v) is 7.54. The maximum absolute atomic E-state index is 10.6. The summed E-state index contributed by atoms with van der Waals surface area (Å²) in [5.41, 5.74) is 6.08. The third-order valence-corrected chi connectivity index (χ3v) is 2.07. The number of phenolic OH excluding ortho intramolecular Hbond substituents is 1. The van der Waals surface area contributed by atoms with Crippen LogP contribution in [0.5, 0.6) is 5.75 Å². The minimum atomic E-state index is -0.665. The highest BCUT2D eigenvalue weighted by atomic mass is 16.6. The molecule has 1 heterocycles. The first-order valence-corrected chi connectivity index (χ1v) is 4.11. The molecule has 6 heteroatoms. The Hall–Kier alpha value is -2.37. The Morgan fingerprint density at radius 3 is 2.87 bits per heavy atom. The summed E-state index contributed by atoms with van der Waals surface area (Å²) >= 11 is 0. The number of rotatable bonds is 1. The van der Waals surface area contributed by atoms with Crippen LogP contribution in [-0.2, 0) is 0 Å². The van der Waals surface area contributed by atoms with Crippen LogP contribution in [0.4, 0.5) is 11.4 Å². The summed E-state index contributed by atoms with van der Waals surface area (Å²) in [7, 11) is 0. The summed E-state index contributed by atoms with van der Waals surface area (Å²) < 4.78 is 0. The lowest BCUT2D eigenvalue weighted by Crippen LogP contribution is -1.92. The SMILES string of the molecule is Nc1ccnc2cc(O)c([N+](=O)[O-])cc12. The molecule has 76 valence electrons. The van der Waals surface area contributed by atoms with Crippen molar-refractivity contribution in [3.8, 4) is 5.75 Å². The van der Waals surface area contributed by atoms with Crippen molar-refractivity contribution in [3.05, 3.63) is 34.5 Å². The smallest absolute Gasteiger partial charge is 0.311 e. The van der Waals surface area contributed by atoms with E-state index < -0.39 is 10.7 Å². The molecule has 0 radical (unpaired) electrons.